The quantitative estimate of drug-likeness (QED) is 0.794. The van der Waals surface area contributed by atoms with Crippen molar-refractivity contribution in [2.24, 2.45) is 5.92 Å². The van der Waals surface area contributed by atoms with Crippen molar-refractivity contribution < 1.29 is 24.2 Å². The lowest BCUT2D eigenvalue weighted by atomic mass is 9.89. The Hall–Kier alpha value is -3.02. The highest BCUT2D eigenvalue weighted by atomic mass is 16.5. The number of piperidine rings is 1. The minimum Gasteiger partial charge on any atom is -0.496 e. The summed E-state index contributed by atoms with van der Waals surface area (Å²) in [5.41, 5.74) is 1.73. The Kier molecular flexibility index (Phi) is 6.53. The first-order chi connectivity index (χ1) is 13.6. The third-order valence-corrected chi connectivity index (χ3v) is 5.05. The minimum absolute atomic E-state index is 0.0449. The maximum Gasteiger partial charge on any atom is 0.341 e. The number of carbonyl (C=O) groups excluding carboxylic acids is 1. The molecule has 0 atom stereocenters. The summed E-state index contributed by atoms with van der Waals surface area (Å²) in [6.07, 6.45) is 2.84. The number of carboxylic acid groups (broad SMARTS) is 1. The van der Waals surface area contributed by atoms with Gasteiger partial charge in [-0.3, -0.25) is 4.79 Å². The van der Waals surface area contributed by atoms with E-state index in [0.29, 0.717) is 30.3 Å². The second-order valence-electron chi connectivity index (χ2n) is 6.96. The van der Waals surface area contributed by atoms with Gasteiger partial charge in [-0.2, -0.15) is 0 Å². The van der Waals surface area contributed by atoms with Crippen LogP contribution in [0.4, 0.5) is 0 Å². The predicted molar refractivity (Wildman–Crippen MR) is 105 cm³/mol. The second-order valence-corrected chi connectivity index (χ2v) is 6.96. The summed E-state index contributed by atoms with van der Waals surface area (Å²) in [4.78, 5) is 25.3. The molecule has 6 heteroatoms. The zero-order valence-corrected chi connectivity index (χ0v) is 16.0. The number of hydrogen-bond acceptors (Lipinski definition) is 4. The second kappa shape index (κ2) is 9.26. The van der Waals surface area contributed by atoms with Gasteiger partial charge in [-0.15, -0.1) is 0 Å². The fourth-order valence-electron chi connectivity index (χ4n) is 3.57. The van der Waals surface area contributed by atoms with Gasteiger partial charge in [-0.25, -0.2) is 4.79 Å². The van der Waals surface area contributed by atoms with Crippen LogP contribution in [-0.4, -0.2) is 48.7 Å². The van der Waals surface area contributed by atoms with Gasteiger partial charge in [0.05, 0.1) is 7.11 Å². The fourth-order valence-corrected chi connectivity index (χ4v) is 3.57. The van der Waals surface area contributed by atoms with Gasteiger partial charge in [0.1, 0.15) is 11.5 Å². The summed E-state index contributed by atoms with van der Waals surface area (Å²) >= 11 is 0. The Morgan fingerprint density at radius 2 is 1.86 bits per heavy atom. The lowest BCUT2D eigenvalue weighted by Crippen LogP contribution is -2.38. The topological polar surface area (TPSA) is 76.1 Å². The lowest BCUT2D eigenvalue weighted by Gasteiger charge is -2.32. The smallest absolute Gasteiger partial charge is 0.341 e. The van der Waals surface area contributed by atoms with Crippen molar-refractivity contribution in [2.45, 2.75) is 19.3 Å². The number of hydrogen-bond donors (Lipinski definition) is 1. The number of nitrogens with zero attached hydrogens (tertiary/aromatic N) is 1. The molecule has 0 saturated carbocycles. The number of carboxylic acids is 1. The van der Waals surface area contributed by atoms with Crippen molar-refractivity contribution >= 4 is 11.9 Å². The standard InChI is InChI=1S/C22H25NO5/c1-27-20-8-3-2-5-17(20)13-16-9-11-23(12-10-16)22(26)18-6-4-7-19(14-18)28-15-21(24)25/h2-8,14,16H,9-13,15H2,1H3,(H,24,25). The number of para-hydroxylation sites is 1. The van der Waals surface area contributed by atoms with Gasteiger partial charge in [0.2, 0.25) is 0 Å². The molecule has 0 radical (unpaired) electrons. The van der Waals surface area contributed by atoms with Crippen LogP contribution in [0.1, 0.15) is 28.8 Å². The van der Waals surface area contributed by atoms with Gasteiger partial charge < -0.3 is 19.5 Å². The highest BCUT2D eigenvalue weighted by Gasteiger charge is 2.24. The molecule has 1 aliphatic rings. The first kappa shape index (κ1) is 19.7. The average molecular weight is 383 g/mol. The summed E-state index contributed by atoms with van der Waals surface area (Å²) in [6.45, 7) is 0.990. The van der Waals surface area contributed by atoms with Crippen LogP contribution in [0.15, 0.2) is 48.5 Å². The molecular formula is C22H25NO5. The molecule has 1 N–H and O–H groups in total. The zero-order chi connectivity index (χ0) is 19.9. The first-order valence-corrected chi connectivity index (χ1v) is 9.42. The van der Waals surface area contributed by atoms with Gasteiger partial charge in [-0.05, 0) is 55.0 Å². The van der Waals surface area contributed by atoms with E-state index in [2.05, 4.69) is 6.07 Å². The Labute approximate surface area is 164 Å². The van der Waals surface area contributed by atoms with Crippen molar-refractivity contribution in [3.8, 4) is 11.5 Å². The van der Waals surface area contributed by atoms with Crippen LogP contribution in [-0.2, 0) is 11.2 Å². The SMILES string of the molecule is COc1ccccc1CC1CCN(C(=O)c2cccc(OCC(=O)O)c2)CC1. The predicted octanol–water partition coefficient (Wildman–Crippen LogP) is 3.25. The summed E-state index contributed by atoms with van der Waals surface area (Å²) in [6, 6.07) is 14.8. The van der Waals surface area contributed by atoms with Crippen LogP contribution in [0.5, 0.6) is 11.5 Å². The highest BCUT2D eigenvalue weighted by Crippen LogP contribution is 2.27. The molecular weight excluding hydrogens is 358 g/mol. The Morgan fingerprint density at radius 3 is 2.57 bits per heavy atom. The number of carbonyl (C=O) groups is 2. The van der Waals surface area contributed by atoms with E-state index in [4.69, 9.17) is 14.6 Å². The largest absolute Gasteiger partial charge is 0.496 e. The Bertz CT molecular complexity index is 827. The molecule has 2 aromatic rings. The molecule has 2 aromatic carbocycles. The van der Waals surface area contributed by atoms with Gasteiger partial charge >= 0.3 is 5.97 Å². The van der Waals surface area contributed by atoms with Gasteiger partial charge in [0.15, 0.2) is 6.61 Å². The number of likely N-dealkylation sites (tertiary alicyclic amines) is 1. The van der Waals surface area contributed by atoms with E-state index in [1.54, 1.807) is 31.4 Å². The maximum absolute atomic E-state index is 12.8. The van der Waals surface area contributed by atoms with Gasteiger partial charge in [0, 0.05) is 18.7 Å². The molecule has 3 rings (SSSR count). The molecule has 28 heavy (non-hydrogen) atoms. The van der Waals surface area contributed by atoms with Crippen LogP contribution >= 0.6 is 0 Å². The lowest BCUT2D eigenvalue weighted by molar-refractivity contribution is -0.139. The first-order valence-electron chi connectivity index (χ1n) is 9.42. The van der Waals surface area contributed by atoms with Crippen LogP contribution in [0.2, 0.25) is 0 Å². The molecule has 0 bridgehead atoms. The van der Waals surface area contributed by atoms with Crippen LogP contribution in [0.3, 0.4) is 0 Å². The van der Waals surface area contributed by atoms with Crippen LogP contribution in [0.25, 0.3) is 0 Å². The van der Waals surface area contributed by atoms with E-state index in [1.807, 2.05) is 23.1 Å². The molecule has 0 aliphatic carbocycles. The van der Waals surface area contributed by atoms with E-state index < -0.39 is 12.6 Å². The Morgan fingerprint density at radius 1 is 1.11 bits per heavy atom. The zero-order valence-electron chi connectivity index (χ0n) is 16.0. The average Bonchev–Trinajstić information content (AvgIpc) is 2.73. The molecule has 1 heterocycles. The summed E-state index contributed by atoms with van der Waals surface area (Å²) in [7, 11) is 1.69. The molecule has 1 amide bonds. The minimum atomic E-state index is -1.05. The highest BCUT2D eigenvalue weighted by molar-refractivity contribution is 5.94. The van der Waals surface area contributed by atoms with E-state index in [-0.39, 0.29) is 5.91 Å². The van der Waals surface area contributed by atoms with E-state index >= 15 is 0 Å². The third-order valence-electron chi connectivity index (χ3n) is 5.05. The third kappa shape index (κ3) is 5.03. The van der Waals surface area contributed by atoms with Gasteiger partial charge in [-0.1, -0.05) is 24.3 Å². The van der Waals surface area contributed by atoms with Gasteiger partial charge in [0.25, 0.3) is 5.91 Å². The van der Waals surface area contributed by atoms with Crippen molar-refractivity contribution in [1.29, 1.82) is 0 Å². The van der Waals surface area contributed by atoms with Crippen molar-refractivity contribution in [3.63, 3.8) is 0 Å². The number of rotatable bonds is 7. The van der Waals surface area contributed by atoms with E-state index in [0.717, 1.165) is 25.0 Å². The molecule has 0 spiro atoms. The maximum atomic E-state index is 12.8. The van der Waals surface area contributed by atoms with Crippen LogP contribution < -0.4 is 9.47 Å². The number of methoxy groups -OCH3 is 1. The molecule has 6 nitrogen and oxygen atoms in total. The monoisotopic (exact) mass is 383 g/mol. The summed E-state index contributed by atoms with van der Waals surface area (Å²) < 4.78 is 10.6. The van der Waals surface area contributed by atoms with Crippen LogP contribution in [0, 0.1) is 5.92 Å². The molecule has 1 aliphatic heterocycles. The van der Waals surface area contributed by atoms with Crippen molar-refractivity contribution in [3.05, 3.63) is 59.7 Å². The molecule has 1 saturated heterocycles. The normalized spacial score (nSPS) is 14.5. The van der Waals surface area contributed by atoms with Crippen molar-refractivity contribution in [1.82, 2.24) is 4.90 Å². The summed E-state index contributed by atoms with van der Waals surface area (Å²) in [5.74, 6) is 0.731. The molecule has 1 fully saturated rings. The number of benzene rings is 2. The number of aliphatic carboxylic acids is 1. The van der Waals surface area contributed by atoms with Crippen molar-refractivity contribution in [2.75, 3.05) is 26.8 Å². The van der Waals surface area contributed by atoms with E-state index in [9.17, 15) is 9.59 Å². The molecule has 148 valence electrons. The molecule has 0 unspecified atom stereocenters. The Balaban J connectivity index is 1.56. The van der Waals surface area contributed by atoms with E-state index in [1.165, 1.54) is 5.56 Å². The number of ether oxygens (including phenoxy) is 2. The molecule has 0 aromatic heterocycles. The fraction of sp³-hybridized carbons (Fsp3) is 0.364. The number of amides is 1. The summed E-state index contributed by atoms with van der Waals surface area (Å²) in [5, 5.41) is 8.71.